The van der Waals surface area contributed by atoms with Crippen LogP contribution >= 0.6 is 0 Å². The third-order valence-electron chi connectivity index (χ3n) is 4.18. The summed E-state index contributed by atoms with van der Waals surface area (Å²) in [5.41, 5.74) is -0.337. The molecule has 1 fully saturated rings. The van der Waals surface area contributed by atoms with Crippen molar-refractivity contribution in [2.24, 2.45) is 5.41 Å². The van der Waals surface area contributed by atoms with E-state index in [9.17, 15) is 9.90 Å². The fraction of sp³-hybridized carbons (Fsp3) is 0.929. The quantitative estimate of drug-likeness (QED) is 0.762. The number of carbonyl (C=O) groups is 1. The zero-order valence-corrected chi connectivity index (χ0v) is 12.3. The predicted molar refractivity (Wildman–Crippen MR) is 73.8 cm³/mol. The Labute approximate surface area is 111 Å². The molecule has 1 rings (SSSR count). The second-order valence-corrected chi connectivity index (χ2v) is 6.42. The van der Waals surface area contributed by atoms with Crippen LogP contribution in [0.1, 0.15) is 47.0 Å². The number of nitrogens with one attached hydrogen (secondary N) is 1. The molecule has 0 spiro atoms. The Bertz CT molecular complexity index is 282. The van der Waals surface area contributed by atoms with Crippen molar-refractivity contribution in [2.45, 2.75) is 52.5 Å². The number of likely N-dealkylation sites (tertiary alicyclic amines) is 1. The zero-order valence-electron chi connectivity index (χ0n) is 12.3. The van der Waals surface area contributed by atoms with E-state index in [-0.39, 0.29) is 0 Å². The van der Waals surface area contributed by atoms with Gasteiger partial charge in [-0.1, -0.05) is 20.8 Å². The Hall–Kier alpha value is -0.610. The SMILES string of the molecule is CCNC(C)(CCN1CCC(C)(C)CC1)C(=O)O. The van der Waals surface area contributed by atoms with E-state index in [1.165, 1.54) is 12.8 Å². The summed E-state index contributed by atoms with van der Waals surface area (Å²) >= 11 is 0. The van der Waals surface area contributed by atoms with Crippen LogP contribution in [0.25, 0.3) is 0 Å². The number of aliphatic carboxylic acids is 1. The maximum absolute atomic E-state index is 11.3. The molecule has 1 unspecified atom stereocenters. The lowest BCUT2D eigenvalue weighted by atomic mass is 9.82. The summed E-state index contributed by atoms with van der Waals surface area (Å²) in [6.07, 6.45) is 3.08. The number of rotatable bonds is 6. The van der Waals surface area contributed by atoms with Crippen molar-refractivity contribution >= 4 is 5.97 Å². The summed E-state index contributed by atoms with van der Waals surface area (Å²) in [7, 11) is 0. The van der Waals surface area contributed by atoms with Gasteiger partial charge in [0.15, 0.2) is 0 Å². The van der Waals surface area contributed by atoms with Crippen LogP contribution in [-0.4, -0.2) is 47.7 Å². The monoisotopic (exact) mass is 256 g/mol. The van der Waals surface area contributed by atoms with Crippen molar-refractivity contribution in [3.05, 3.63) is 0 Å². The van der Waals surface area contributed by atoms with E-state index < -0.39 is 11.5 Å². The van der Waals surface area contributed by atoms with Gasteiger partial charge in [-0.05, 0) is 51.2 Å². The first-order valence-electron chi connectivity index (χ1n) is 7.00. The van der Waals surface area contributed by atoms with Crippen LogP contribution in [0.2, 0.25) is 0 Å². The molecule has 0 bridgehead atoms. The Kier molecular flexibility index (Phi) is 5.17. The molecule has 1 aliphatic rings. The van der Waals surface area contributed by atoms with Crippen molar-refractivity contribution in [2.75, 3.05) is 26.2 Å². The third kappa shape index (κ3) is 4.25. The molecule has 18 heavy (non-hydrogen) atoms. The molecule has 1 heterocycles. The summed E-state index contributed by atoms with van der Waals surface area (Å²) in [5.74, 6) is -0.748. The van der Waals surface area contributed by atoms with Gasteiger partial charge < -0.3 is 15.3 Å². The van der Waals surface area contributed by atoms with E-state index in [1.807, 2.05) is 6.92 Å². The molecule has 106 valence electrons. The minimum Gasteiger partial charge on any atom is -0.480 e. The number of hydrogen-bond donors (Lipinski definition) is 2. The van der Waals surface area contributed by atoms with Gasteiger partial charge in [0, 0.05) is 6.54 Å². The van der Waals surface area contributed by atoms with E-state index in [1.54, 1.807) is 6.92 Å². The molecule has 1 atom stereocenters. The Morgan fingerprint density at radius 2 is 1.94 bits per heavy atom. The second kappa shape index (κ2) is 6.02. The van der Waals surface area contributed by atoms with Gasteiger partial charge in [0.05, 0.1) is 0 Å². The smallest absolute Gasteiger partial charge is 0.323 e. The van der Waals surface area contributed by atoms with E-state index in [2.05, 4.69) is 24.1 Å². The fourth-order valence-corrected chi connectivity index (χ4v) is 2.42. The van der Waals surface area contributed by atoms with Gasteiger partial charge in [0.25, 0.3) is 0 Å². The molecule has 0 aromatic rings. The lowest BCUT2D eigenvalue weighted by Gasteiger charge is -2.38. The summed E-state index contributed by atoms with van der Waals surface area (Å²) < 4.78 is 0. The first kappa shape index (κ1) is 15.4. The van der Waals surface area contributed by atoms with Crippen LogP contribution in [0.15, 0.2) is 0 Å². The predicted octanol–water partition coefficient (Wildman–Crippen LogP) is 1.95. The highest BCUT2D eigenvalue weighted by atomic mass is 16.4. The fourth-order valence-electron chi connectivity index (χ4n) is 2.42. The molecule has 0 aromatic carbocycles. The summed E-state index contributed by atoms with van der Waals surface area (Å²) in [6, 6.07) is 0. The van der Waals surface area contributed by atoms with Gasteiger partial charge in [-0.2, -0.15) is 0 Å². The van der Waals surface area contributed by atoms with Crippen molar-refractivity contribution in [3.8, 4) is 0 Å². The highest BCUT2D eigenvalue weighted by Gasteiger charge is 2.33. The molecule has 1 aliphatic heterocycles. The van der Waals surface area contributed by atoms with E-state index >= 15 is 0 Å². The largest absolute Gasteiger partial charge is 0.480 e. The Balaban J connectivity index is 2.42. The van der Waals surface area contributed by atoms with Gasteiger partial charge in [-0.3, -0.25) is 4.79 Å². The van der Waals surface area contributed by atoms with Crippen LogP contribution in [0.4, 0.5) is 0 Å². The lowest BCUT2D eigenvalue weighted by molar-refractivity contribution is -0.144. The van der Waals surface area contributed by atoms with Crippen molar-refractivity contribution in [1.29, 1.82) is 0 Å². The minimum atomic E-state index is -0.790. The highest BCUT2D eigenvalue weighted by Crippen LogP contribution is 2.29. The molecule has 1 saturated heterocycles. The van der Waals surface area contributed by atoms with Crippen LogP contribution in [0, 0.1) is 5.41 Å². The first-order valence-corrected chi connectivity index (χ1v) is 7.00. The van der Waals surface area contributed by atoms with Crippen molar-refractivity contribution < 1.29 is 9.90 Å². The summed E-state index contributed by atoms with van der Waals surface area (Å²) in [4.78, 5) is 13.7. The molecule has 2 N–H and O–H groups in total. The molecule has 4 heteroatoms. The number of carboxylic acid groups (broad SMARTS) is 1. The standard InChI is InChI=1S/C14H28N2O2/c1-5-15-14(4,12(17)18)8-11-16-9-6-13(2,3)7-10-16/h15H,5-11H2,1-4H3,(H,17,18). The molecule has 0 aliphatic carbocycles. The van der Waals surface area contributed by atoms with Crippen molar-refractivity contribution in [1.82, 2.24) is 10.2 Å². The molecule has 0 amide bonds. The van der Waals surface area contributed by atoms with E-state index in [4.69, 9.17) is 0 Å². The van der Waals surface area contributed by atoms with Gasteiger partial charge >= 0.3 is 5.97 Å². The topological polar surface area (TPSA) is 52.6 Å². The number of hydrogen-bond acceptors (Lipinski definition) is 3. The average Bonchev–Trinajstić information content (AvgIpc) is 2.28. The molecule has 4 nitrogen and oxygen atoms in total. The Morgan fingerprint density at radius 1 is 1.39 bits per heavy atom. The van der Waals surface area contributed by atoms with Gasteiger partial charge in [-0.15, -0.1) is 0 Å². The third-order valence-corrected chi connectivity index (χ3v) is 4.18. The molecule has 0 saturated carbocycles. The van der Waals surface area contributed by atoms with E-state index in [0.717, 1.165) is 19.6 Å². The van der Waals surface area contributed by atoms with Crippen LogP contribution in [0.5, 0.6) is 0 Å². The summed E-state index contributed by atoms with van der Waals surface area (Å²) in [5, 5.41) is 12.4. The average molecular weight is 256 g/mol. The first-order chi connectivity index (χ1) is 8.29. The number of carboxylic acids is 1. The molecular formula is C14H28N2O2. The maximum atomic E-state index is 11.3. The van der Waals surface area contributed by atoms with Crippen LogP contribution in [-0.2, 0) is 4.79 Å². The summed E-state index contributed by atoms with van der Waals surface area (Å²) in [6.45, 7) is 12.1. The lowest BCUT2D eigenvalue weighted by Crippen LogP contribution is -2.52. The highest BCUT2D eigenvalue weighted by molar-refractivity contribution is 5.78. The van der Waals surface area contributed by atoms with Crippen LogP contribution in [0.3, 0.4) is 0 Å². The number of piperidine rings is 1. The van der Waals surface area contributed by atoms with E-state index in [0.29, 0.717) is 18.4 Å². The van der Waals surface area contributed by atoms with Crippen LogP contribution < -0.4 is 5.32 Å². The second-order valence-electron chi connectivity index (χ2n) is 6.42. The molecule has 0 radical (unpaired) electrons. The Morgan fingerprint density at radius 3 is 2.39 bits per heavy atom. The van der Waals surface area contributed by atoms with Gasteiger partial charge in [0.1, 0.15) is 5.54 Å². The normalized spacial score (nSPS) is 23.6. The van der Waals surface area contributed by atoms with Gasteiger partial charge in [0.2, 0.25) is 0 Å². The molecule has 0 aromatic heterocycles. The van der Waals surface area contributed by atoms with Gasteiger partial charge in [-0.25, -0.2) is 0 Å². The molecular weight excluding hydrogens is 228 g/mol. The number of likely N-dealkylation sites (N-methyl/N-ethyl adjacent to an activating group) is 1. The minimum absolute atomic E-state index is 0.453. The zero-order chi connectivity index (χ0) is 13.8. The maximum Gasteiger partial charge on any atom is 0.323 e. The van der Waals surface area contributed by atoms with Crippen molar-refractivity contribution in [3.63, 3.8) is 0 Å². The number of nitrogens with zero attached hydrogens (tertiary/aromatic N) is 1.